The number of rotatable bonds is 6. The van der Waals surface area contributed by atoms with Crippen molar-refractivity contribution in [1.82, 2.24) is 5.32 Å². The van der Waals surface area contributed by atoms with Crippen LogP contribution in [-0.2, 0) is 4.79 Å². The molecule has 0 bridgehead atoms. The summed E-state index contributed by atoms with van der Waals surface area (Å²) < 4.78 is 6.08. The summed E-state index contributed by atoms with van der Waals surface area (Å²) in [5.41, 5.74) is 1.96. The van der Waals surface area contributed by atoms with Crippen molar-refractivity contribution in [1.29, 1.82) is 0 Å². The number of carbonyl (C=O) groups excluding carboxylic acids is 1. The molecular formula is C20H30N2O2. The Bertz CT molecular complexity index is 563. The fourth-order valence-electron chi connectivity index (χ4n) is 3.53. The first-order chi connectivity index (χ1) is 11.6. The molecular weight excluding hydrogens is 300 g/mol. The molecule has 1 saturated heterocycles. The minimum absolute atomic E-state index is 0.0409. The highest BCUT2D eigenvalue weighted by Gasteiger charge is 2.28. The zero-order valence-electron chi connectivity index (χ0n) is 14.9. The van der Waals surface area contributed by atoms with E-state index in [1.54, 1.807) is 0 Å². The summed E-state index contributed by atoms with van der Waals surface area (Å²) >= 11 is 0. The Morgan fingerprint density at radius 3 is 2.71 bits per heavy atom. The van der Waals surface area contributed by atoms with Crippen molar-refractivity contribution in [2.24, 2.45) is 17.8 Å². The molecule has 1 amide bonds. The molecule has 2 fully saturated rings. The molecule has 132 valence electrons. The lowest BCUT2D eigenvalue weighted by atomic mass is 9.88. The van der Waals surface area contributed by atoms with E-state index in [0.29, 0.717) is 11.8 Å². The van der Waals surface area contributed by atoms with E-state index >= 15 is 0 Å². The zero-order chi connectivity index (χ0) is 16.9. The van der Waals surface area contributed by atoms with Gasteiger partial charge in [-0.1, -0.05) is 32.3 Å². The second kappa shape index (κ2) is 8.02. The monoisotopic (exact) mass is 330 g/mol. The van der Waals surface area contributed by atoms with Crippen LogP contribution in [0.3, 0.4) is 0 Å². The summed E-state index contributed by atoms with van der Waals surface area (Å²) in [6.45, 7) is 6.75. The number of amides is 1. The van der Waals surface area contributed by atoms with Gasteiger partial charge in [0.25, 0.3) is 0 Å². The average molecular weight is 330 g/mol. The fraction of sp³-hybridized carbons (Fsp3) is 0.650. The maximum atomic E-state index is 12.4. The highest BCUT2D eigenvalue weighted by atomic mass is 16.5. The number of hydrogen-bond donors (Lipinski definition) is 2. The molecule has 0 spiro atoms. The Balaban J connectivity index is 1.57. The minimum Gasteiger partial charge on any atom is -0.493 e. The predicted molar refractivity (Wildman–Crippen MR) is 97.4 cm³/mol. The Kier molecular flexibility index (Phi) is 5.77. The third-order valence-corrected chi connectivity index (χ3v) is 5.59. The first-order valence-corrected chi connectivity index (χ1v) is 9.38. The van der Waals surface area contributed by atoms with Gasteiger partial charge in [0.05, 0.1) is 6.61 Å². The maximum absolute atomic E-state index is 12.4. The van der Waals surface area contributed by atoms with Gasteiger partial charge in [-0.05, 0) is 56.3 Å². The van der Waals surface area contributed by atoms with Crippen LogP contribution < -0.4 is 15.4 Å². The van der Waals surface area contributed by atoms with E-state index in [2.05, 4.69) is 17.6 Å². The van der Waals surface area contributed by atoms with Crippen molar-refractivity contribution < 1.29 is 9.53 Å². The van der Waals surface area contributed by atoms with Crippen LogP contribution in [0.2, 0.25) is 0 Å². The molecule has 1 aromatic carbocycles. The average Bonchev–Trinajstić information content (AvgIpc) is 2.54. The summed E-state index contributed by atoms with van der Waals surface area (Å²) in [6.07, 6.45) is 6.59. The summed E-state index contributed by atoms with van der Waals surface area (Å²) in [7, 11) is 0. The molecule has 1 heterocycles. The zero-order valence-corrected chi connectivity index (χ0v) is 14.9. The minimum atomic E-state index is 0.0409. The van der Waals surface area contributed by atoms with Gasteiger partial charge in [0.1, 0.15) is 5.75 Å². The summed E-state index contributed by atoms with van der Waals surface area (Å²) in [5, 5.41) is 6.27. The van der Waals surface area contributed by atoms with Gasteiger partial charge in [0.15, 0.2) is 0 Å². The number of benzene rings is 1. The van der Waals surface area contributed by atoms with Crippen molar-refractivity contribution in [2.75, 3.05) is 25.0 Å². The first-order valence-electron chi connectivity index (χ1n) is 9.38. The predicted octanol–water partition coefficient (Wildman–Crippen LogP) is 3.75. The fourth-order valence-corrected chi connectivity index (χ4v) is 3.53. The van der Waals surface area contributed by atoms with Gasteiger partial charge in [0.2, 0.25) is 5.91 Å². The molecule has 1 aliphatic heterocycles. The highest BCUT2D eigenvalue weighted by molar-refractivity contribution is 5.92. The van der Waals surface area contributed by atoms with E-state index in [1.807, 2.05) is 25.1 Å². The van der Waals surface area contributed by atoms with E-state index in [-0.39, 0.29) is 11.8 Å². The van der Waals surface area contributed by atoms with E-state index in [4.69, 9.17) is 4.74 Å². The van der Waals surface area contributed by atoms with E-state index in [9.17, 15) is 4.79 Å². The van der Waals surface area contributed by atoms with Gasteiger partial charge in [-0.3, -0.25) is 4.79 Å². The molecule has 0 aromatic heterocycles. The SMILES string of the molecule is Cc1ccc(NC(=O)C(C)C2CNC2)cc1OCC1CCCCC1. The van der Waals surface area contributed by atoms with Crippen molar-refractivity contribution in [3.63, 3.8) is 0 Å². The van der Waals surface area contributed by atoms with E-state index in [0.717, 1.165) is 36.7 Å². The second-order valence-corrected chi connectivity index (χ2v) is 7.49. The summed E-state index contributed by atoms with van der Waals surface area (Å²) in [5.74, 6) is 2.18. The maximum Gasteiger partial charge on any atom is 0.227 e. The number of ether oxygens (including phenoxy) is 1. The molecule has 24 heavy (non-hydrogen) atoms. The van der Waals surface area contributed by atoms with Crippen molar-refractivity contribution in [3.05, 3.63) is 23.8 Å². The molecule has 2 N–H and O–H groups in total. The summed E-state index contributed by atoms with van der Waals surface area (Å²) in [6, 6.07) is 5.97. The lowest BCUT2D eigenvalue weighted by Gasteiger charge is -2.31. The Morgan fingerprint density at radius 1 is 1.29 bits per heavy atom. The first kappa shape index (κ1) is 17.3. The number of carbonyl (C=O) groups is 1. The van der Waals surface area contributed by atoms with Gasteiger partial charge in [-0.25, -0.2) is 0 Å². The van der Waals surface area contributed by atoms with Crippen LogP contribution in [0, 0.1) is 24.7 Å². The molecule has 4 heteroatoms. The molecule has 0 radical (unpaired) electrons. The molecule has 1 unspecified atom stereocenters. The van der Waals surface area contributed by atoms with Crippen LogP contribution in [0.1, 0.15) is 44.6 Å². The third kappa shape index (κ3) is 4.29. The Labute approximate surface area is 145 Å². The smallest absolute Gasteiger partial charge is 0.227 e. The second-order valence-electron chi connectivity index (χ2n) is 7.49. The van der Waals surface area contributed by atoms with Crippen LogP contribution in [0.5, 0.6) is 5.75 Å². The van der Waals surface area contributed by atoms with Gasteiger partial charge in [-0.2, -0.15) is 0 Å². The van der Waals surface area contributed by atoms with Gasteiger partial charge < -0.3 is 15.4 Å². The molecule has 4 nitrogen and oxygen atoms in total. The topological polar surface area (TPSA) is 50.4 Å². The van der Waals surface area contributed by atoms with Crippen LogP contribution in [0.25, 0.3) is 0 Å². The highest BCUT2D eigenvalue weighted by Crippen LogP contribution is 2.28. The van der Waals surface area contributed by atoms with Crippen molar-refractivity contribution in [3.8, 4) is 5.75 Å². The Morgan fingerprint density at radius 2 is 2.04 bits per heavy atom. The van der Waals surface area contributed by atoms with E-state index in [1.165, 1.54) is 32.1 Å². The number of hydrogen-bond acceptors (Lipinski definition) is 3. The van der Waals surface area contributed by atoms with Gasteiger partial charge in [-0.15, -0.1) is 0 Å². The molecule has 1 aliphatic carbocycles. The molecule has 2 aliphatic rings. The lowest BCUT2D eigenvalue weighted by Crippen LogP contribution is -2.48. The normalized spacial score (nSPS) is 20.2. The van der Waals surface area contributed by atoms with Crippen LogP contribution in [0.4, 0.5) is 5.69 Å². The van der Waals surface area contributed by atoms with Crippen LogP contribution in [-0.4, -0.2) is 25.6 Å². The van der Waals surface area contributed by atoms with Gasteiger partial charge >= 0.3 is 0 Å². The van der Waals surface area contributed by atoms with E-state index < -0.39 is 0 Å². The number of nitrogens with one attached hydrogen (secondary N) is 2. The number of anilines is 1. The molecule has 1 atom stereocenters. The largest absolute Gasteiger partial charge is 0.493 e. The number of aryl methyl sites for hydroxylation is 1. The lowest BCUT2D eigenvalue weighted by molar-refractivity contribution is -0.121. The molecule has 1 saturated carbocycles. The third-order valence-electron chi connectivity index (χ3n) is 5.59. The molecule has 3 rings (SSSR count). The standard InChI is InChI=1S/C20H30N2O2/c1-14-8-9-18(22-20(23)15(2)17-11-21-12-17)10-19(14)24-13-16-6-4-3-5-7-16/h8-10,15-17,21H,3-7,11-13H2,1-2H3,(H,22,23). The van der Waals surface area contributed by atoms with Gasteiger partial charge in [0, 0.05) is 17.7 Å². The van der Waals surface area contributed by atoms with Crippen molar-refractivity contribution >= 4 is 11.6 Å². The summed E-state index contributed by atoms with van der Waals surface area (Å²) in [4.78, 5) is 12.4. The molecule has 1 aromatic rings. The Hall–Kier alpha value is -1.55. The van der Waals surface area contributed by atoms with Crippen LogP contribution in [0.15, 0.2) is 18.2 Å². The quantitative estimate of drug-likeness (QED) is 0.835. The van der Waals surface area contributed by atoms with Crippen LogP contribution >= 0.6 is 0 Å². The van der Waals surface area contributed by atoms with Crippen molar-refractivity contribution in [2.45, 2.75) is 46.0 Å².